The van der Waals surface area contributed by atoms with Gasteiger partial charge in [0.05, 0.1) is 11.9 Å². The Labute approximate surface area is 132 Å². The maximum Gasteiger partial charge on any atom is 0.163 e. The summed E-state index contributed by atoms with van der Waals surface area (Å²) in [6, 6.07) is 5.88. The molecule has 4 nitrogen and oxygen atoms in total. The molecule has 0 unspecified atom stereocenters. The summed E-state index contributed by atoms with van der Waals surface area (Å²) >= 11 is 5.30. The Morgan fingerprint density at radius 1 is 1.09 bits per heavy atom. The molecule has 0 saturated carbocycles. The van der Waals surface area contributed by atoms with Gasteiger partial charge in [-0.05, 0) is 29.8 Å². The fraction of sp³-hybridized carbons (Fsp3) is 0.0588. The van der Waals surface area contributed by atoms with Crippen LogP contribution < -0.4 is 0 Å². The van der Waals surface area contributed by atoms with E-state index in [0.29, 0.717) is 0 Å². The van der Waals surface area contributed by atoms with Crippen molar-refractivity contribution in [3.8, 4) is 11.3 Å². The lowest BCUT2D eigenvalue weighted by atomic mass is 10.0. The number of thiocarbonyl (C=S) groups is 1. The first-order valence-corrected chi connectivity index (χ1v) is 7.38. The maximum atomic E-state index is 5.30. The minimum atomic E-state index is 0.827. The van der Waals surface area contributed by atoms with E-state index in [0.717, 1.165) is 39.3 Å². The topological polar surface area (TPSA) is 43.1 Å². The first kappa shape index (κ1) is 13.0. The fourth-order valence-corrected chi connectivity index (χ4v) is 2.81. The van der Waals surface area contributed by atoms with Gasteiger partial charge in [-0.2, -0.15) is 5.10 Å². The Morgan fingerprint density at radius 3 is 2.77 bits per heavy atom. The summed E-state index contributed by atoms with van der Waals surface area (Å²) in [6.07, 6.45) is 14.2. The Hall–Kier alpha value is -2.66. The number of pyridine rings is 1. The zero-order valence-electron chi connectivity index (χ0n) is 11.7. The molecule has 0 amide bonds. The number of hydrogen-bond donors (Lipinski definition) is 0. The molecule has 0 spiro atoms. The van der Waals surface area contributed by atoms with Gasteiger partial charge in [0, 0.05) is 41.0 Å². The third-order valence-corrected chi connectivity index (χ3v) is 3.91. The third kappa shape index (κ3) is 2.16. The largest absolute Gasteiger partial charge is 0.265 e. The molecular formula is C17H12N4S. The van der Waals surface area contributed by atoms with Crippen LogP contribution >= 0.6 is 12.2 Å². The van der Waals surface area contributed by atoms with Crippen molar-refractivity contribution in [2.75, 3.05) is 0 Å². The van der Waals surface area contributed by atoms with E-state index in [1.54, 1.807) is 12.4 Å². The zero-order chi connectivity index (χ0) is 14.9. The van der Waals surface area contributed by atoms with Gasteiger partial charge < -0.3 is 0 Å². The lowest BCUT2D eigenvalue weighted by molar-refractivity contribution is 0.947. The van der Waals surface area contributed by atoms with Gasteiger partial charge in [-0.15, -0.1) is 0 Å². The summed E-state index contributed by atoms with van der Waals surface area (Å²) in [5, 5.41) is 4.51. The van der Waals surface area contributed by atoms with E-state index in [4.69, 9.17) is 12.2 Å². The molecule has 22 heavy (non-hydrogen) atoms. The third-order valence-electron chi connectivity index (χ3n) is 3.62. The van der Waals surface area contributed by atoms with E-state index < -0.39 is 0 Å². The van der Waals surface area contributed by atoms with Gasteiger partial charge in [-0.1, -0.05) is 24.4 Å². The Morgan fingerprint density at radius 2 is 1.95 bits per heavy atom. The number of rotatable bonds is 2. The van der Waals surface area contributed by atoms with Crippen LogP contribution in [0.2, 0.25) is 0 Å². The molecule has 0 aromatic carbocycles. The van der Waals surface area contributed by atoms with Crippen LogP contribution in [0.4, 0.5) is 0 Å². The predicted molar refractivity (Wildman–Crippen MR) is 90.6 cm³/mol. The first-order chi connectivity index (χ1) is 10.8. The van der Waals surface area contributed by atoms with Gasteiger partial charge in [0.15, 0.2) is 5.65 Å². The molecule has 1 aliphatic carbocycles. The van der Waals surface area contributed by atoms with E-state index >= 15 is 0 Å². The number of nitrogens with zero attached hydrogens (tertiary/aromatic N) is 4. The average Bonchev–Trinajstić information content (AvgIpc) is 3.00. The second-order valence-electron chi connectivity index (χ2n) is 5.03. The molecule has 0 aliphatic heterocycles. The molecule has 5 heteroatoms. The van der Waals surface area contributed by atoms with Gasteiger partial charge in [0.1, 0.15) is 0 Å². The second-order valence-corrected chi connectivity index (χ2v) is 5.56. The Bertz CT molecular complexity index is 922. The van der Waals surface area contributed by atoms with Gasteiger partial charge in [-0.3, -0.25) is 4.98 Å². The molecule has 106 valence electrons. The van der Waals surface area contributed by atoms with Crippen LogP contribution in [0.15, 0.2) is 61.2 Å². The van der Waals surface area contributed by atoms with Crippen LogP contribution in [-0.4, -0.2) is 24.4 Å². The second kappa shape index (κ2) is 5.27. The van der Waals surface area contributed by atoms with Crippen molar-refractivity contribution in [3.05, 3.63) is 66.8 Å². The summed E-state index contributed by atoms with van der Waals surface area (Å²) in [5.74, 6) is 0. The molecule has 0 atom stereocenters. The summed E-state index contributed by atoms with van der Waals surface area (Å²) in [7, 11) is 0. The molecule has 0 fully saturated rings. The number of hydrogen-bond acceptors (Lipinski definition) is 4. The van der Waals surface area contributed by atoms with Gasteiger partial charge in [0.2, 0.25) is 0 Å². The Kier molecular flexibility index (Phi) is 3.12. The van der Waals surface area contributed by atoms with E-state index in [2.05, 4.69) is 27.2 Å². The highest BCUT2D eigenvalue weighted by molar-refractivity contribution is 7.80. The highest BCUT2D eigenvalue weighted by Gasteiger charge is 2.13. The van der Waals surface area contributed by atoms with E-state index in [9.17, 15) is 0 Å². The van der Waals surface area contributed by atoms with E-state index in [-0.39, 0.29) is 0 Å². The van der Waals surface area contributed by atoms with Crippen molar-refractivity contribution in [1.82, 2.24) is 19.6 Å². The van der Waals surface area contributed by atoms with E-state index in [1.807, 2.05) is 41.2 Å². The average molecular weight is 304 g/mol. The number of aromatic nitrogens is 4. The quantitative estimate of drug-likeness (QED) is 0.680. The lowest BCUT2D eigenvalue weighted by Crippen LogP contribution is -1.98. The van der Waals surface area contributed by atoms with Crippen molar-refractivity contribution in [3.63, 3.8) is 0 Å². The van der Waals surface area contributed by atoms with Crippen molar-refractivity contribution in [2.45, 2.75) is 6.42 Å². The van der Waals surface area contributed by atoms with Crippen molar-refractivity contribution >= 4 is 28.3 Å². The van der Waals surface area contributed by atoms with Crippen LogP contribution in [0.25, 0.3) is 22.5 Å². The van der Waals surface area contributed by atoms with Crippen LogP contribution in [0.3, 0.4) is 0 Å². The van der Waals surface area contributed by atoms with Crippen LogP contribution in [-0.2, 0) is 0 Å². The Balaban J connectivity index is 1.91. The van der Waals surface area contributed by atoms with Crippen molar-refractivity contribution in [2.24, 2.45) is 0 Å². The predicted octanol–water partition coefficient (Wildman–Crippen LogP) is 3.50. The molecular weight excluding hydrogens is 292 g/mol. The molecule has 3 aromatic rings. The maximum absolute atomic E-state index is 5.30. The van der Waals surface area contributed by atoms with E-state index in [1.165, 1.54) is 0 Å². The zero-order valence-corrected chi connectivity index (χ0v) is 12.5. The SMILES string of the molecule is S=C1C=C(c2cnn3c(-c4ccncc4)ccnc23)C=CC1. The fourth-order valence-electron chi connectivity index (χ4n) is 2.59. The van der Waals surface area contributed by atoms with Gasteiger partial charge >= 0.3 is 0 Å². The highest BCUT2D eigenvalue weighted by Crippen LogP contribution is 2.26. The van der Waals surface area contributed by atoms with Crippen molar-refractivity contribution in [1.29, 1.82) is 0 Å². The molecule has 0 bridgehead atoms. The molecule has 4 rings (SSSR count). The molecule has 0 N–H and O–H groups in total. The summed E-state index contributed by atoms with van der Waals surface area (Å²) in [4.78, 5) is 9.49. The van der Waals surface area contributed by atoms with Gasteiger partial charge in [-0.25, -0.2) is 9.50 Å². The lowest BCUT2D eigenvalue weighted by Gasteiger charge is -2.07. The van der Waals surface area contributed by atoms with Crippen LogP contribution in [0, 0.1) is 0 Å². The normalized spacial score (nSPS) is 14.4. The molecule has 3 aromatic heterocycles. The van der Waals surface area contributed by atoms with Crippen molar-refractivity contribution < 1.29 is 0 Å². The first-order valence-electron chi connectivity index (χ1n) is 6.97. The number of allylic oxidation sites excluding steroid dienone is 4. The molecule has 3 heterocycles. The number of fused-ring (bicyclic) bond motifs is 1. The standard InChI is InChI=1S/C17H12N4S/c22-14-3-1-2-13(10-14)15-11-20-21-16(6-9-19-17(15)21)12-4-7-18-8-5-12/h1-2,4-11H,3H2. The smallest absolute Gasteiger partial charge is 0.163 e. The van der Waals surface area contributed by atoms with Crippen LogP contribution in [0.5, 0.6) is 0 Å². The summed E-state index contributed by atoms with van der Waals surface area (Å²) in [6.45, 7) is 0. The molecule has 0 radical (unpaired) electrons. The van der Waals surface area contributed by atoms with Gasteiger partial charge in [0.25, 0.3) is 0 Å². The highest BCUT2D eigenvalue weighted by atomic mass is 32.1. The minimum absolute atomic E-state index is 0.827. The molecule has 0 saturated heterocycles. The molecule has 1 aliphatic rings. The monoisotopic (exact) mass is 304 g/mol. The summed E-state index contributed by atoms with van der Waals surface area (Å²) in [5.41, 5.74) is 4.93. The summed E-state index contributed by atoms with van der Waals surface area (Å²) < 4.78 is 1.86. The van der Waals surface area contributed by atoms with Crippen LogP contribution in [0.1, 0.15) is 12.0 Å². The minimum Gasteiger partial charge on any atom is -0.265 e.